The van der Waals surface area contributed by atoms with Crippen LogP contribution in [0.2, 0.25) is 0 Å². The first-order chi connectivity index (χ1) is 5.50. The molecule has 0 aromatic carbocycles. The highest BCUT2D eigenvalue weighted by Crippen LogP contribution is 2.19. The van der Waals surface area contributed by atoms with Crippen LogP contribution in [0.25, 0.3) is 0 Å². The van der Waals surface area contributed by atoms with Gasteiger partial charge in [-0.05, 0) is 46.5 Å². The number of rotatable bonds is 1. The van der Waals surface area contributed by atoms with E-state index in [1.165, 1.54) is 12.8 Å². The van der Waals surface area contributed by atoms with E-state index >= 15 is 0 Å². The van der Waals surface area contributed by atoms with Crippen LogP contribution >= 0.6 is 0 Å². The topological polar surface area (TPSA) is 29.4 Å². The molecule has 0 amide bonds. The molecule has 0 saturated heterocycles. The highest BCUT2D eigenvalue weighted by Gasteiger charge is 2.20. The molecule has 1 aliphatic rings. The molecule has 0 unspecified atom stereocenters. The van der Waals surface area contributed by atoms with E-state index in [1.807, 2.05) is 20.8 Å². The first-order valence-corrected chi connectivity index (χ1v) is 5.59. The molecule has 1 atom stereocenters. The molecular weight excluding hydrogens is 170 g/mol. The van der Waals surface area contributed by atoms with E-state index in [9.17, 15) is 4.21 Å². The van der Waals surface area contributed by atoms with Crippen LogP contribution in [-0.4, -0.2) is 14.7 Å². The van der Waals surface area contributed by atoms with Crippen molar-refractivity contribution in [1.29, 1.82) is 0 Å². The molecule has 0 aromatic rings. The van der Waals surface area contributed by atoms with Gasteiger partial charge in [0.25, 0.3) is 0 Å². The summed E-state index contributed by atoms with van der Waals surface area (Å²) in [7, 11) is -1.04. The fourth-order valence-corrected chi connectivity index (χ4v) is 1.82. The molecular formula is C9H17NOS. The predicted molar refractivity (Wildman–Crippen MR) is 53.8 cm³/mol. The second kappa shape index (κ2) is 3.69. The summed E-state index contributed by atoms with van der Waals surface area (Å²) in [6, 6.07) is 0. The Labute approximate surface area is 77.1 Å². The molecule has 0 heterocycles. The van der Waals surface area contributed by atoms with Gasteiger partial charge in [-0.1, -0.05) is 0 Å². The third-order valence-electron chi connectivity index (χ3n) is 1.92. The van der Waals surface area contributed by atoms with Gasteiger partial charge in [0.1, 0.15) is 11.0 Å². The summed E-state index contributed by atoms with van der Waals surface area (Å²) in [6.45, 7) is 5.88. The maximum Gasteiger partial charge on any atom is 0.144 e. The minimum atomic E-state index is -1.04. The Morgan fingerprint density at radius 2 is 1.75 bits per heavy atom. The SMILES string of the molecule is CC(C)(C)[S@](=O)N=C1CCCC1. The van der Waals surface area contributed by atoms with Gasteiger partial charge in [-0.15, -0.1) is 0 Å². The van der Waals surface area contributed by atoms with Gasteiger partial charge in [0.2, 0.25) is 0 Å². The summed E-state index contributed by atoms with van der Waals surface area (Å²) in [5.74, 6) is 0. The van der Waals surface area contributed by atoms with Crippen molar-refractivity contribution in [3.05, 3.63) is 0 Å². The lowest BCUT2D eigenvalue weighted by Gasteiger charge is -2.13. The molecule has 0 aromatic heterocycles. The molecule has 1 saturated carbocycles. The molecule has 3 heteroatoms. The average molecular weight is 187 g/mol. The van der Waals surface area contributed by atoms with Crippen molar-refractivity contribution >= 4 is 16.7 Å². The molecule has 2 nitrogen and oxygen atoms in total. The molecule has 70 valence electrons. The van der Waals surface area contributed by atoms with E-state index in [0.29, 0.717) is 0 Å². The lowest BCUT2D eigenvalue weighted by Crippen LogP contribution is -2.20. The molecule has 1 aliphatic carbocycles. The van der Waals surface area contributed by atoms with Crippen molar-refractivity contribution in [1.82, 2.24) is 0 Å². The minimum absolute atomic E-state index is 0.199. The van der Waals surface area contributed by atoms with Crippen LogP contribution in [0.5, 0.6) is 0 Å². The van der Waals surface area contributed by atoms with Crippen molar-refractivity contribution in [3.63, 3.8) is 0 Å². The average Bonchev–Trinajstić information content (AvgIpc) is 2.37. The second-order valence-corrected chi connectivity index (χ2v) is 6.13. The molecule has 0 spiro atoms. The Hall–Kier alpha value is -0.180. The molecule has 0 radical (unpaired) electrons. The standard InChI is InChI=1S/C9H17NOS/c1-9(2,3)12(11)10-8-6-4-5-7-8/h4-7H2,1-3H3/t12-/m0/s1. The molecule has 0 bridgehead atoms. The predicted octanol–water partition coefficient (Wildman–Crippen LogP) is 2.46. The fourth-order valence-electron chi connectivity index (χ4n) is 1.13. The van der Waals surface area contributed by atoms with Crippen molar-refractivity contribution in [2.75, 3.05) is 0 Å². The molecule has 1 fully saturated rings. The molecule has 1 rings (SSSR count). The van der Waals surface area contributed by atoms with Gasteiger partial charge in [-0.3, -0.25) is 0 Å². The maximum atomic E-state index is 11.5. The van der Waals surface area contributed by atoms with E-state index in [-0.39, 0.29) is 4.75 Å². The monoisotopic (exact) mass is 187 g/mol. The Balaban J connectivity index is 2.60. The van der Waals surface area contributed by atoms with Crippen LogP contribution in [0.1, 0.15) is 46.5 Å². The lowest BCUT2D eigenvalue weighted by molar-refractivity contribution is 0.650. The first-order valence-electron chi connectivity index (χ1n) is 4.48. The van der Waals surface area contributed by atoms with Gasteiger partial charge in [0.05, 0.1) is 4.75 Å². The number of nitrogens with zero attached hydrogens (tertiary/aromatic N) is 1. The normalized spacial score (nSPS) is 21.1. The number of hydrogen-bond donors (Lipinski definition) is 0. The zero-order valence-corrected chi connectivity index (χ0v) is 8.91. The zero-order valence-electron chi connectivity index (χ0n) is 8.09. The Kier molecular flexibility index (Phi) is 3.04. The summed E-state index contributed by atoms with van der Waals surface area (Å²) in [5.41, 5.74) is 1.16. The van der Waals surface area contributed by atoms with E-state index in [0.717, 1.165) is 18.6 Å². The molecule has 12 heavy (non-hydrogen) atoms. The fraction of sp³-hybridized carbons (Fsp3) is 0.889. The van der Waals surface area contributed by atoms with Crippen molar-refractivity contribution in [3.8, 4) is 0 Å². The summed E-state index contributed by atoms with van der Waals surface area (Å²) in [6.07, 6.45) is 4.56. The highest BCUT2D eigenvalue weighted by molar-refractivity contribution is 7.85. The summed E-state index contributed by atoms with van der Waals surface area (Å²) >= 11 is 0. The Morgan fingerprint density at radius 1 is 1.25 bits per heavy atom. The largest absolute Gasteiger partial charge is 0.234 e. The lowest BCUT2D eigenvalue weighted by atomic mass is 10.3. The van der Waals surface area contributed by atoms with Crippen LogP contribution in [0, 0.1) is 0 Å². The smallest absolute Gasteiger partial charge is 0.144 e. The van der Waals surface area contributed by atoms with Crippen molar-refractivity contribution in [2.24, 2.45) is 4.40 Å². The van der Waals surface area contributed by atoms with Crippen LogP contribution < -0.4 is 0 Å². The van der Waals surface area contributed by atoms with Gasteiger partial charge < -0.3 is 0 Å². The second-order valence-electron chi connectivity index (χ2n) is 4.23. The van der Waals surface area contributed by atoms with Gasteiger partial charge in [-0.25, -0.2) is 4.21 Å². The van der Waals surface area contributed by atoms with Crippen LogP contribution in [-0.2, 0) is 11.0 Å². The quantitative estimate of drug-likeness (QED) is 0.620. The summed E-state index contributed by atoms with van der Waals surface area (Å²) in [5, 5.41) is 0. The van der Waals surface area contributed by atoms with Crippen molar-refractivity contribution < 1.29 is 4.21 Å². The van der Waals surface area contributed by atoms with E-state index in [4.69, 9.17) is 0 Å². The van der Waals surface area contributed by atoms with Crippen molar-refractivity contribution in [2.45, 2.75) is 51.2 Å². The zero-order chi connectivity index (χ0) is 9.19. The Bertz CT molecular complexity index is 207. The highest BCUT2D eigenvalue weighted by atomic mass is 32.2. The minimum Gasteiger partial charge on any atom is -0.234 e. The van der Waals surface area contributed by atoms with E-state index < -0.39 is 11.0 Å². The third kappa shape index (κ3) is 2.70. The van der Waals surface area contributed by atoms with Crippen LogP contribution in [0.4, 0.5) is 0 Å². The van der Waals surface area contributed by atoms with Crippen LogP contribution in [0.3, 0.4) is 0 Å². The van der Waals surface area contributed by atoms with Crippen LogP contribution in [0.15, 0.2) is 4.40 Å². The first kappa shape index (κ1) is 9.90. The van der Waals surface area contributed by atoms with E-state index in [2.05, 4.69) is 4.40 Å². The van der Waals surface area contributed by atoms with Gasteiger partial charge in [0.15, 0.2) is 0 Å². The maximum absolute atomic E-state index is 11.5. The Morgan fingerprint density at radius 3 is 2.17 bits per heavy atom. The summed E-state index contributed by atoms with van der Waals surface area (Å²) < 4.78 is 15.6. The van der Waals surface area contributed by atoms with E-state index in [1.54, 1.807) is 0 Å². The third-order valence-corrected chi connectivity index (χ3v) is 3.39. The summed E-state index contributed by atoms with van der Waals surface area (Å²) in [4.78, 5) is 0. The molecule has 0 N–H and O–H groups in total. The number of hydrogen-bond acceptors (Lipinski definition) is 1. The van der Waals surface area contributed by atoms with Gasteiger partial charge >= 0.3 is 0 Å². The van der Waals surface area contributed by atoms with Gasteiger partial charge in [-0.2, -0.15) is 4.40 Å². The molecule has 0 aliphatic heterocycles. The van der Waals surface area contributed by atoms with Gasteiger partial charge in [0, 0.05) is 5.71 Å².